The Hall–Kier alpha value is -2.34. The third kappa shape index (κ3) is 5.09. The number of nitrogens with zero attached hydrogens (tertiary/aromatic N) is 2. The molecule has 1 aromatic heterocycles. The Labute approximate surface area is 142 Å². The first kappa shape index (κ1) is 18.0. The van der Waals surface area contributed by atoms with E-state index < -0.39 is 6.10 Å². The van der Waals surface area contributed by atoms with Crippen molar-refractivity contribution < 1.29 is 9.90 Å². The summed E-state index contributed by atoms with van der Waals surface area (Å²) in [4.78, 5) is 12.2. The fourth-order valence-corrected chi connectivity index (χ4v) is 2.67. The fraction of sp³-hybridized carbons (Fsp3) is 0.444. The monoisotopic (exact) mass is 330 g/mol. The zero-order valence-corrected chi connectivity index (χ0v) is 14.5. The van der Waals surface area contributed by atoms with E-state index in [4.69, 9.17) is 0 Å². The van der Waals surface area contributed by atoms with E-state index in [1.54, 1.807) is 18.7 Å². The molecule has 3 N–H and O–H groups in total. The second kappa shape index (κ2) is 8.49. The number of aromatic nitrogens is 2. The van der Waals surface area contributed by atoms with Crippen LogP contribution >= 0.6 is 0 Å². The smallest absolute Gasteiger partial charge is 0.320 e. The van der Waals surface area contributed by atoms with E-state index in [1.165, 1.54) is 0 Å². The molecule has 2 aromatic rings. The topological polar surface area (TPSA) is 79.2 Å². The number of carbonyl (C=O) groups is 1. The molecule has 2 rings (SSSR count). The van der Waals surface area contributed by atoms with Gasteiger partial charge in [-0.2, -0.15) is 5.10 Å². The van der Waals surface area contributed by atoms with Crippen molar-refractivity contribution in [1.29, 1.82) is 0 Å². The molecule has 24 heavy (non-hydrogen) atoms. The van der Waals surface area contributed by atoms with Crippen molar-refractivity contribution in [2.24, 2.45) is 7.05 Å². The van der Waals surface area contributed by atoms with Gasteiger partial charge in [0.2, 0.25) is 0 Å². The third-order valence-electron chi connectivity index (χ3n) is 3.94. The number of amides is 2. The lowest BCUT2D eigenvalue weighted by Gasteiger charge is -2.19. The van der Waals surface area contributed by atoms with E-state index in [-0.39, 0.29) is 11.9 Å². The largest absolute Gasteiger partial charge is 0.393 e. The summed E-state index contributed by atoms with van der Waals surface area (Å²) in [6.45, 7) is 4.24. The highest BCUT2D eigenvalue weighted by Crippen LogP contribution is 2.20. The Kier molecular flexibility index (Phi) is 6.37. The van der Waals surface area contributed by atoms with Crippen LogP contribution in [0.2, 0.25) is 0 Å². The average Bonchev–Trinajstić information content (AvgIpc) is 2.92. The van der Waals surface area contributed by atoms with Gasteiger partial charge >= 0.3 is 6.03 Å². The van der Waals surface area contributed by atoms with Crippen LogP contribution in [0.15, 0.2) is 36.4 Å². The summed E-state index contributed by atoms with van der Waals surface area (Å²) in [6, 6.07) is 11.5. The fourth-order valence-electron chi connectivity index (χ4n) is 2.67. The van der Waals surface area contributed by atoms with Crippen LogP contribution in [0.1, 0.15) is 37.4 Å². The van der Waals surface area contributed by atoms with Gasteiger partial charge in [0, 0.05) is 25.6 Å². The van der Waals surface area contributed by atoms with Crippen LogP contribution in [0, 0.1) is 0 Å². The normalized spacial score (nSPS) is 13.3. The van der Waals surface area contributed by atoms with Gasteiger partial charge in [0.15, 0.2) is 0 Å². The molecule has 130 valence electrons. The van der Waals surface area contributed by atoms with Crippen molar-refractivity contribution in [2.45, 2.75) is 38.7 Å². The number of hydrogen-bond donors (Lipinski definition) is 3. The summed E-state index contributed by atoms with van der Waals surface area (Å²) in [7, 11) is 1.80. The Morgan fingerprint density at radius 2 is 2.04 bits per heavy atom. The number of aliphatic hydroxyl groups excluding tert-OH is 1. The first-order valence-corrected chi connectivity index (χ1v) is 8.30. The first-order chi connectivity index (χ1) is 11.5. The van der Waals surface area contributed by atoms with Gasteiger partial charge in [0.05, 0.1) is 11.8 Å². The molecule has 2 atom stereocenters. The van der Waals surface area contributed by atoms with E-state index in [2.05, 4.69) is 15.7 Å². The minimum Gasteiger partial charge on any atom is -0.393 e. The second-order valence-electron chi connectivity index (χ2n) is 6.03. The molecule has 0 spiro atoms. The first-order valence-electron chi connectivity index (χ1n) is 8.30. The van der Waals surface area contributed by atoms with Gasteiger partial charge in [0.1, 0.15) is 5.82 Å². The lowest BCUT2D eigenvalue weighted by atomic mass is 9.93. The Morgan fingerprint density at radius 3 is 2.62 bits per heavy atom. The van der Waals surface area contributed by atoms with Crippen LogP contribution in [0.4, 0.5) is 10.6 Å². The molecule has 6 heteroatoms. The number of benzene rings is 1. The quantitative estimate of drug-likeness (QED) is 0.730. The highest BCUT2D eigenvalue weighted by Gasteiger charge is 2.16. The molecule has 0 fully saturated rings. The van der Waals surface area contributed by atoms with Crippen LogP contribution in [-0.2, 0) is 13.5 Å². The summed E-state index contributed by atoms with van der Waals surface area (Å²) in [6.07, 6.45) is 0.988. The van der Waals surface area contributed by atoms with Gasteiger partial charge in [-0.15, -0.1) is 0 Å². The molecule has 1 aromatic carbocycles. The summed E-state index contributed by atoms with van der Waals surface area (Å²) in [5.41, 5.74) is 2.04. The molecule has 2 amide bonds. The molecule has 1 heterocycles. The minimum absolute atomic E-state index is 0.0645. The van der Waals surface area contributed by atoms with Crippen molar-refractivity contribution in [3.63, 3.8) is 0 Å². The lowest BCUT2D eigenvalue weighted by molar-refractivity contribution is 0.173. The molecule has 0 aliphatic rings. The number of hydrogen-bond acceptors (Lipinski definition) is 3. The maximum absolute atomic E-state index is 12.2. The molecule has 0 radical (unpaired) electrons. The Bertz CT molecular complexity index is 652. The van der Waals surface area contributed by atoms with E-state index in [0.29, 0.717) is 18.8 Å². The zero-order chi connectivity index (χ0) is 17.5. The molecular formula is C18H26N4O2. The molecule has 6 nitrogen and oxygen atoms in total. The summed E-state index contributed by atoms with van der Waals surface area (Å²) in [5, 5.41) is 19.7. The van der Waals surface area contributed by atoms with Crippen molar-refractivity contribution in [1.82, 2.24) is 15.1 Å². The molecule has 0 saturated carbocycles. The van der Waals surface area contributed by atoms with Crippen LogP contribution in [0.3, 0.4) is 0 Å². The highest BCUT2D eigenvalue weighted by atomic mass is 16.3. The van der Waals surface area contributed by atoms with Gasteiger partial charge in [-0.3, -0.25) is 10.00 Å². The molecule has 0 bridgehead atoms. The Morgan fingerprint density at radius 1 is 1.33 bits per heavy atom. The van der Waals surface area contributed by atoms with E-state index >= 15 is 0 Å². The number of aliphatic hydroxyl groups is 1. The lowest BCUT2D eigenvalue weighted by Crippen LogP contribution is -2.33. The standard InChI is InChI=1S/C18H26N4O2/c1-4-16-11-17(22(3)21-16)20-18(24)19-12-15(10-13(2)23)14-8-6-5-7-9-14/h5-9,11,13,15,23H,4,10,12H2,1-3H3,(H2,19,20,24). The van der Waals surface area contributed by atoms with E-state index in [0.717, 1.165) is 17.7 Å². The number of carbonyl (C=O) groups excluding carboxylic acids is 1. The van der Waals surface area contributed by atoms with Crippen molar-refractivity contribution in [3.8, 4) is 0 Å². The Balaban J connectivity index is 1.95. The molecule has 0 aliphatic carbocycles. The average molecular weight is 330 g/mol. The zero-order valence-electron chi connectivity index (χ0n) is 14.5. The predicted octanol–water partition coefficient (Wildman–Crippen LogP) is 2.66. The second-order valence-corrected chi connectivity index (χ2v) is 6.03. The number of nitrogens with one attached hydrogen (secondary N) is 2. The van der Waals surface area contributed by atoms with E-state index in [9.17, 15) is 9.90 Å². The maximum atomic E-state index is 12.2. The maximum Gasteiger partial charge on any atom is 0.320 e. The number of anilines is 1. The molecule has 0 saturated heterocycles. The van der Waals surface area contributed by atoms with Crippen LogP contribution in [0.5, 0.6) is 0 Å². The van der Waals surface area contributed by atoms with Gasteiger partial charge < -0.3 is 10.4 Å². The van der Waals surface area contributed by atoms with Crippen molar-refractivity contribution in [2.75, 3.05) is 11.9 Å². The van der Waals surface area contributed by atoms with Gasteiger partial charge in [-0.1, -0.05) is 37.3 Å². The van der Waals surface area contributed by atoms with Crippen LogP contribution in [-0.4, -0.2) is 33.6 Å². The molecular weight excluding hydrogens is 304 g/mol. The molecule has 0 aliphatic heterocycles. The van der Waals surface area contributed by atoms with E-state index in [1.807, 2.05) is 43.3 Å². The number of rotatable bonds is 7. The predicted molar refractivity (Wildman–Crippen MR) is 95.1 cm³/mol. The van der Waals surface area contributed by atoms with Crippen molar-refractivity contribution in [3.05, 3.63) is 47.7 Å². The van der Waals surface area contributed by atoms with Gasteiger partial charge in [-0.25, -0.2) is 4.79 Å². The van der Waals surface area contributed by atoms with Crippen LogP contribution in [0.25, 0.3) is 0 Å². The number of aryl methyl sites for hydroxylation is 2. The summed E-state index contributed by atoms with van der Waals surface area (Å²) in [5.74, 6) is 0.728. The van der Waals surface area contributed by atoms with Crippen molar-refractivity contribution >= 4 is 11.8 Å². The SMILES string of the molecule is CCc1cc(NC(=O)NCC(CC(C)O)c2ccccc2)n(C)n1. The summed E-state index contributed by atoms with van der Waals surface area (Å²) >= 11 is 0. The summed E-state index contributed by atoms with van der Waals surface area (Å²) < 4.78 is 1.66. The van der Waals surface area contributed by atoms with Gasteiger partial charge in [0.25, 0.3) is 0 Å². The van der Waals surface area contributed by atoms with Gasteiger partial charge in [-0.05, 0) is 25.3 Å². The van der Waals surface area contributed by atoms with Crippen LogP contribution < -0.4 is 10.6 Å². The highest BCUT2D eigenvalue weighted by molar-refractivity contribution is 5.88. The number of urea groups is 1. The third-order valence-corrected chi connectivity index (χ3v) is 3.94. The minimum atomic E-state index is -0.427. The molecule has 2 unspecified atom stereocenters.